The minimum absolute atomic E-state index is 0.0558. The lowest BCUT2D eigenvalue weighted by Crippen LogP contribution is -2.40. The summed E-state index contributed by atoms with van der Waals surface area (Å²) in [6.45, 7) is 3.59. The highest BCUT2D eigenvalue weighted by molar-refractivity contribution is 5.78. The number of nitrogens with one attached hydrogen (secondary N) is 1. The van der Waals surface area contributed by atoms with Crippen molar-refractivity contribution in [3.05, 3.63) is 24.3 Å². The van der Waals surface area contributed by atoms with E-state index in [0.717, 1.165) is 0 Å². The molecule has 19 heavy (non-hydrogen) atoms. The third-order valence-electron chi connectivity index (χ3n) is 2.55. The number of para-hydroxylation sites is 2. The Kier molecular flexibility index (Phi) is 5.68. The fourth-order valence-electron chi connectivity index (χ4n) is 1.44. The first-order valence-corrected chi connectivity index (χ1v) is 6.03. The SMILES string of the molecule is COc1ccccc1OCC(=O)NC(C#N)C(C)C. The third kappa shape index (κ3) is 4.51. The van der Waals surface area contributed by atoms with Gasteiger partial charge in [-0.25, -0.2) is 0 Å². The molecule has 0 bridgehead atoms. The smallest absolute Gasteiger partial charge is 0.258 e. The molecule has 0 spiro atoms. The van der Waals surface area contributed by atoms with E-state index in [4.69, 9.17) is 14.7 Å². The number of nitrogens with zero attached hydrogens (tertiary/aromatic N) is 1. The second kappa shape index (κ2) is 7.27. The van der Waals surface area contributed by atoms with E-state index in [1.54, 1.807) is 18.2 Å². The van der Waals surface area contributed by atoms with Crippen molar-refractivity contribution in [1.82, 2.24) is 5.32 Å². The van der Waals surface area contributed by atoms with Gasteiger partial charge in [0, 0.05) is 0 Å². The zero-order valence-corrected chi connectivity index (χ0v) is 11.3. The summed E-state index contributed by atoms with van der Waals surface area (Å²) in [5.74, 6) is 0.792. The largest absolute Gasteiger partial charge is 0.493 e. The monoisotopic (exact) mass is 262 g/mol. The molecule has 1 rings (SSSR count). The maximum Gasteiger partial charge on any atom is 0.258 e. The molecular formula is C14H18N2O3. The third-order valence-corrected chi connectivity index (χ3v) is 2.55. The van der Waals surface area contributed by atoms with Crippen molar-refractivity contribution in [3.8, 4) is 17.6 Å². The standard InChI is InChI=1S/C14H18N2O3/c1-10(2)11(8-15)16-14(17)9-19-13-7-5-4-6-12(13)18-3/h4-7,10-11H,9H2,1-3H3,(H,16,17). The Bertz CT molecular complexity index is 466. The van der Waals surface area contributed by atoms with E-state index in [2.05, 4.69) is 5.32 Å². The maximum atomic E-state index is 11.7. The second-order valence-electron chi connectivity index (χ2n) is 4.36. The van der Waals surface area contributed by atoms with Gasteiger partial charge in [-0.15, -0.1) is 0 Å². The number of carbonyl (C=O) groups excluding carboxylic acids is 1. The quantitative estimate of drug-likeness (QED) is 0.847. The van der Waals surface area contributed by atoms with E-state index >= 15 is 0 Å². The minimum atomic E-state index is -0.506. The summed E-state index contributed by atoms with van der Waals surface area (Å²) < 4.78 is 10.5. The highest BCUT2D eigenvalue weighted by Crippen LogP contribution is 2.25. The molecule has 5 nitrogen and oxygen atoms in total. The molecule has 0 heterocycles. The van der Waals surface area contributed by atoms with Gasteiger partial charge < -0.3 is 14.8 Å². The Hall–Kier alpha value is -2.22. The zero-order chi connectivity index (χ0) is 14.3. The number of rotatable bonds is 6. The van der Waals surface area contributed by atoms with Crippen LogP contribution in [0.25, 0.3) is 0 Å². The van der Waals surface area contributed by atoms with Crippen LogP contribution >= 0.6 is 0 Å². The Labute approximate surface area is 113 Å². The van der Waals surface area contributed by atoms with E-state index in [1.807, 2.05) is 26.0 Å². The molecule has 0 aliphatic heterocycles. The molecule has 0 aliphatic rings. The van der Waals surface area contributed by atoms with Crippen LogP contribution in [-0.4, -0.2) is 25.7 Å². The Morgan fingerprint density at radius 3 is 2.53 bits per heavy atom. The number of methoxy groups -OCH3 is 1. The maximum absolute atomic E-state index is 11.7. The van der Waals surface area contributed by atoms with Crippen molar-refractivity contribution in [2.24, 2.45) is 5.92 Å². The van der Waals surface area contributed by atoms with Gasteiger partial charge >= 0.3 is 0 Å². The first-order chi connectivity index (χ1) is 9.08. The molecule has 0 aliphatic carbocycles. The van der Waals surface area contributed by atoms with E-state index < -0.39 is 6.04 Å². The van der Waals surface area contributed by atoms with Crippen LogP contribution in [0, 0.1) is 17.2 Å². The number of hydrogen-bond donors (Lipinski definition) is 1. The lowest BCUT2D eigenvalue weighted by molar-refractivity contribution is -0.123. The highest BCUT2D eigenvalue weighted by Gasteiger charge is 2.15. The molecule has 102 valence electrons. The van der Waals surface area contributed by atoms with Gasteiger partial charge in [-0.05, 0) is 18.1 Å². The summed E-state index contributed by atoms with van der Waals surface area (Å²) in [7, 11) is 1.53. The van der Waals surface area contributed by atoms with Crippen LogP contribution < -0.4 is 14.8 Å². The highest BCUT2D eigenvalue weighted by atomic mass is 16.5. The fraction of sp³-hybridized carbons (Fsp3) is 0.429. The van der Waals surface area contributed by atoms with Gasteiger partial charge in [0.05, 0.1) is 13.2 Å². The molecule has 0 saturated carbocycles. The van der Waals surface area contributed by atoms with Crippen molar-refractivity contribution in [2.75, 3.05) is 13.7 Å². The molecule has 5 heteroatoms. The molecule has 1 atom stereocenters. The fourth-order valence-corrected chi connectivity index (χ4v) is 1.44. The van der Waals surface area contributed by atoms with Crippen LogP contribution in [0.3, 0.4) is 0 Å². The average Bonchev–Trinajstić information content (AvgIpc) is 2.42. The van der Waals surface area contributed by atoms with Crippen LogP contribution in [-0.2, 0) is 4.79 Å². The summed E-state index contributed by atoms with van der Waals surface area (Å²) in [5.41, 5.74) is 0. The number of benzene rings is 1. The van der Waals surface area contributed by atoms with Crippen molar-refractivity contribution >= 4 is 5.91 Å². The molecule has 1 aromatic carbocycles. The summed E-state index contributed by atoms with van der Waals surface area (Å²) >= 11 is 0. The molecule has 1 unspecified atom stereocenters. The van der Waals surface area contributed by atoms with Crippen molar-refractivity contribution in [3.63, 3.8) is 0 Å². The Morgan fingerprint density at radius 2 is 2.00 bits per heavy atom. The molecule has 0 radical (unpaired) electrons. The first-order valence-electron chi connectivity index (χ1n) is 6.03. The van der Waals surface area contributed by atoms with Crippen molar-refractivity contribution in [2.45, 2.75) is 19.9 Å². The summed E-state index contributed by atoms with van der Waals surface area (Å²) in [4.78, 5) is 11.7. The first kappa shape index (κ1) is 14.8. The summed E-state index contributed by atoms with van der Waals surface area (Å²) in [6.07, 6.45) is 0. The molecular weight excluding hydrogens is 244 g/mol. The predicted octanol–water partition coefficient (Wildman–Crippen LogP) is 1.74. The number of amides is 1. The van der Waals surface area contributed by atoms with Crippen LogP contribution in [0.2, 0.25) is 0 Å². The number of hydrogen-bond acceptors (Lipinski definition) is 4. The van der Waals surface area contributed by atoms with Gasteiger partial charge in [0.2, 0.25) is 0 Å². The molecule has 1 amide bonds. The molecule has 0 fully saturated rings. The van der Waals surface area contributed by atoms with E-state index in [1.165, 1.54) is 7.11 Å². The minimum Gasteiger partial charge on any atom is -0.493 e. The Morgan fingerprint density at radius 1 is 1.37 bits per heavy atom. The Balaban J connectivity index is 2.53. The van der Waals surface area contributed by atoms with E-state index in [-0.39, 0.29) is 18.4 Å². The predicted molar refractivity (Wildman–Crippen MR) is 70.9 cm³/mol. The number of carbonyl (C=O) groups is 1. The normalized spacial score (nSPS) is 11.5. The lowest BCUT2D eigenvalue weighted by Gasteiger charge is -2.15. The number of nitriles is 1. The average molecular weight is 262 g/mol. The van der Waals surface area contributed by atoms with Gasteiger partial charge in [-0.2, -0.15) is 5.26 Å². The lowest BCUT2D eigenvalue weighted by atomic mass is 10.1. The van der Waals surface area contributed by atoms with Gasteiger partial charge in [0.25, 0.3) is 5.91 Å². The van der Waals surface area contributed by atoms with E-state index in [9.17, 15) is 4.79 Å². The van der Waals surface area contributed by atoms with Crippen LogP contribution in [0.1, 0.15) is 13.8 Å². The van der Waals surface area contributed by atoms with Gasteiger partial charge in [-0.3, -0.25) is 4.79 Å². The summed E-state index contributed by atoms with van der Waals surface area (Å²) in [6, 6.07) is 8.61. The van der Waals surface area contributed by atoms with Crippen LogP contribution in [0.4, 0.5) is 0 Å². The zero-order valence-electron chi connectivity index (χ0n) is 11.3. The van der Waals surface area contributed by atoms with E-state index in [0.29, 0.717) is 11.5 Å². The van der Waals surface area contributed by atoms with Gasteiger partial charge in [0.1, 0.15) is 6.04 Å². The topological polar surface area (TPSA) is 71.3 Å². The molecule has 1 aromatic rings. The molecule has 1 N–H and O–H groups in total. The molecule has 0 saturated heterocycles. The van der Waals surface area contributed by atoms with Crippen molar-refractivity contribution < 1.29 is 14.3 Å². The van der Waals surface area contributed by atoms with Crippen LogP contribution in [0.5, 0.6) is 11.5 Å². The van der Waals surface area contributed by atoms with Gasteiger partial charge in [0.15, 0.2) is 18.1 Å². The van der Waals surface area contributed by atoms with Gasteiger partial charge in [-0.1, -0.05) is 26.0 Å². The molecule has 0 aromatic heterocycles. The van der Waals surface area contributed by atoms with Crippen LogP contribution in [0.15, 0.2) is 24.3 Å². The van der Waals surface area contributed by atoms with Crippen molar-refractivity contribution in [1.29, 1.82) is 5.26 Å². The number of ether oxygens (including phenoxy) is 2. The second-order valence-corrected chi connectivity index (χ2v) is 4.36. The summed E-state index contributed by atoms with van der Waals surface area (Å²) in [5, 5.41) is 11.5.